The molecule has 0 aromatic heterocycles. The SMILES string of the molecule is CC/C=C\C/C=C\C/C=C\C/C=C\CCCCCCCCCCCCCCCCCCCCCCCCCCC(=O)OC(COC(=O)CCCCCCCCCCCCCCCCCCCCCCC)COC(OCC[N+](C)(C)C)C(=O)O. The lowest BCUT2D eigenvalue weighted by Crippen LogP contribution is -2.40. The maximum Gasteiger partial charge on any atom is 0.361 e. The van der Waals surface area contributed by atoms with Crippen LogP contribution in [0.5, 0.6) is 0 Å². The van der Waals surface area contributed by atoms with Crippen LogP contribution in [0.25, 0.3) is 0 Å². The lowest BCUT2D eigenvalue weighted by Gasteiger charge is -2.25. The topological polar surface area (TPSA) is 108 Å². The third-order valence-corrected chi connectivity index (χ3v) is 16.1. The van der Waals surface area contributed by atoms with Crippen LogP contribution in [0.15, 0.2) is 48.6 Å². The summed E-state index contributed by atoms with van der Waals surface area (Å²) in [5, 5.41) is 9.74. The molecule has 0 fully saturated rings. The highest BCUT2D eigenvalue weighted by Gasteiger charge is 2.25. The summed E-state index contributed by atoms with van der Waals surface area (Å²) < 4.78 is 23.0. The van der Waals surface area contributed by atoms with Crippen molar-refractivity contribution in [2.75, 3.05) is 47.5 Å². The number of carbonyl (C=O) groups excluding carboxylic acids is 2. The zero-order valence-electron chi connectivity index (χ0n) is 55.6. The molecule has 2 atom stereocenters. The molecule has 0 saturated carbocycles. The molecule has 0 aromatic carbocycles. The molecular weight excluding hydrogens is 1030 g/mol. The average molecular weight is 1170 g/mol. The summed E-state index contributed by atoms with van der Waals surface area (Å²) in [5.41, 5.74) is 0. The van der Waals surface area contributed by atoms with E-state index >= 15 is 0 Å². The van der Waals surface area contributed by atoms with E-state index in [1.54, 1.807) is 0 Å². The van der Waals surface area contributed by atoms with Crippen molar-refractivity contribution < 1.29 is 42.9 Å². The largest absolute Gasteiger partial charge is 0.477 e. The van der Waals surface area contributed by atoms with Crippen LogP contribution in [0.4, 0.5) is 0 Å². The third-order valence-electron chi connectivity index (χ3n) is 16.1. The number of allylic oxidation sites excluding steroid dienone is 8. The number of unbranched alkanes of at least 4 members (excludes halogenated alkanes) is 44. The van der Waals surface area contributed by atoms with Gasteiger partial charge in [0.2, 0.25) is 0 Å². The van der Waals surface area contributed by atoms with Crippen molar-refractivity contribution in [2.24, 2.45) is 0 Å². The van der Waals surface area contributed by atoms with E-state index in [0.29, 0.717) is 17.4 Å². The number of carboxylic acid groups (broad SMARTS) is 1. The first kappa shape index (κ1) is 80.2. The minimum atomic E-state index is -1.51. The molecule has 0 spiro atoms. The van der Waals surface area contributed by atoms with E-state index in [9.17, 15) is 19.5 Å². The van der Waals surface area contributed by atoms with Crippen LogP contribution < -0.4 is 0 Å². The van der Waals surface area contributed by atoms with E-state index in [1.165, 1.54) is 257 Å². The van der Waals surface area contributed by atoms with E-state index in [2.05, 4.69) is 62.5 Å². The third kappa shape index (κ3) is 66.6. The van der Waals surface area contributed by atoms with Gasteiger partial charge in [-0.25, -0.2) is 4.79 Å². The number of carboxylic acids is 1. The van der Waals surface area contributed by atoms with Gasteiger partial charge in [-0.15, -0.1) is 0 Å². The highest BCUT2D eigenvalue weighted by Crippen LogP contribution is 2.19. The first-order valence-corrected chi connectivity index (χ1v) is 35.8. The molecule has 9 heteroatoms. The van der Waals surface area contributed by atoms with E-state index in [4.69, 9.17) is 18.9 Å². The number of esters is 2. The Labute approximate surface area is 514 Å². The molecule has 0 saturated heterocycles. The van der Waals surface area contributed by atoms with Gasteiger partial charge in [0.05, 0.1) is 34.4 Å². The molecule has 0 aromatic rings. The molecule has 9 nitrogen and oxygen atoms in total. The van der Waals surface area contributed by atoms with Crippen LogP contribution in [0.1, 0.15) is 348 Å². The summed E-state index contributed by atoms with van der Waals surface area (Å²) in [5.74, 6) is -1.97. The van der Waals surface area contributed by atoms with Gasteiger partial charge in [0, 0.05) is 12.8 Å². The van der Waals surface area contributed by atoms with Gasteiger partial charge in [0.15, 0.2) is 6.10 Å². The van der Waals surface area contributed by atoms with Crippen molar-refractivity contribution in [3.05, 3.63) is 48.6 Å². The van der Waals surface area contributed by atoms with Crippen LogP contribution in [0, 0.1) is 0 Å². The first-order valence-electron chi connectivity index (χ1n) is 35.8. The molecule has 0 amide bonds. The maximum atomic E-state index is 12.9. The molecule has 2 unspecified atom stereocenters. The van der Waals surface area contributed by atoms with Crippen molar-refractivity contribution in [1.82, 2.24) is 0 Å². The molecule has 0 radical (unpaired) electrons. The van der Waals surface area contributed by atoms with Crippen LogP contribution in [-0.2, 0) is 33.3 Å². The van der Waals surface area contributed by atoms with Crippen LogP contribution in [0.2, 0.25) is 0 Å². The Kier molecular flexibility index (Phi) is 63.1. The number of hydrogen-bond donors (Lipinski definition) is 1. The van der Waals surface area contributed by atoms with Gasteiger partial charge in [0.1, 0.15) is 13.2 Å². The Morgan fingerprint density at radius 3 is 1.02 bits per heavy atom. The van der Waals surface area contributed by atoms with Gasteiger partial charge < -0.3 is 28.5 Å². The normalized spacial score (nSPS) is 12.9. The zero-order valence-corrected chi connectivity index (χ0v) is 55.6. The molecule has 83 heavy (non-hydrogen) atoms. The molecular formula is C74H138NO8+. The zero-order chi connectivity index (χ0) is 60.5. The summed E-state index contributed by atoms with van der Waals surface area (Å²) >= 11 is 0. The lowest BCUT2D eigenvalue weighted by atomic mass is 10.0. The van der Waals surface area contributed by atoms with E-state index in [-0.39, 0.29) is 38.2 Å². The minimum Gasteiger partial charge on any atom is -0.477 e. The highest BCUT2D eigenvalue weighted by molar-refractivity contribution is 5.71. The van der Waals surface area contributed by atoms with Crippen LogP contribution in [-0.4, -0.2) is 87.4 Å². The van der Waals surface area contributed by atoms with Crippen molar-refractivity contribution in [1.29, 1.82) is 0 Å². The second-order valence-corrected chi connectivity index (χ2v) is 25.5. The second-order valence-electron chi connectivity index (χ2n) is 25.5. The van der Waals surface area contributed by atoms with E-state index in [0.717, 1.165) is 64.2 Å². The second kappa shape index (κ2) is 65.2. The minimum absolute atomic E-state index is 0.175. The Bertz CT molecular complexity index is 1500. The molecule has 486 valence electrons. The summed E-state index contributed by atoms with van der Waals surface area (Å²) in [4.78, 5) is 37.6. The standard InChI is InChI=1S/C74H137NO8/c1-6-8-10-12-14-16-18-20-22-24-26-28-29-30-31-32-33-34-35-36-37-38-39-40-41-42-43-45-47-49-51-53-55-57-59-61-63-65-72(77)83-70(69-82-74(73(78)79)80-67-66-75(3,4)5)68-81-71(76)64-62-60-58-56-54-52-50-48-46-44-27-25-23-21-19-17-15-13-11-9-7-2/h8,10,14,16,20,22,26,28,70,74H,6-7,9,11-13,15,17-19,21,23-25,27,29-69H2,1-5H3/p+1/b10-8-,16-14-,22-20-,28-26-. The monoisotopic (exact) mass is 1170 g/mol. The number of ether oxygens (including phenoxy) is 4. The summed E-state index contributed by atoms with van der Waals surface area (Å²) in [6.45, 7) is 4.83. The number of rotatable bonds is 67. The summed E-state index contributed by atoms with van der Waals surface area (Å²) in [6, 6.07) is 0. The quantitative estimate of drug-likeness (QED) is 0.0211. The number of hydrogen-bond acceptors (Lipinski definition) is 7. The van der Waals surface area contributed by atoms with Crippen molar-refractivity contribution >= 4 is 17.9 Å². The summed E-state index contributed by atoms with van der Waals surface area (Å²) in [7, 11) is 5.99. The highest BCUT2D eigenvalue weighted by atomic mass is 16.7. The molecule has 0 heterocycles. The van der Waals surface area contributed by atoms with E-state index in [1.807, 2.05) is 21.1 Å². The van der Waals surface area contributed by atoms with Gasteiger partial charge >= 0.3 is 17.9 Å². The number of likely N-dealkylation sites (N-methyl/N-ethyl adjacent to an activating group) is 1. The Morgan fingerprint density at radius 1 is 0.373 bits per heavy atom. The molecule has 0 bridgehead atoms. The average Bonchev–Trinajstić information content (AvgIpc) is 3.46. The smallest absolute Gasteiger partial charge is 0.361 e. The van der Waals surface area contributed by atoms with Crippen LogP contribution in [0.3, 0.4) is 0 Å². The van der Waals surface area contributed by atoms with Crippen molar-refractivity contribution in [2.45, 2.75) is 360 Å². The fraction of sp³-hybridized carbons (Fsp3) is 0.851. The Morgan fingerprint density at radius 2 is 0.687 bits per heavy atom. The lowest BCUT2D eigenvalue weighted by molar-refractivity contribution is -0.870. The van der Waals surface area contributed by atoms with Gasteiger partial charge in [-0.2, -0.15) is 0 Å². The Balaban J connectivity index is 3.99. The molecule has 0 rings (SSSR count). The summed E-state index contributed by atoms with van der Waals surface area (Å²) in [6.07, 6.45) is 81.0. The fourth-order valence-corrected chi connectivity index (χ4v) is 10.7. The maximum absolute atomic E-state index is 12.9. The van der Waals surface area contributed by atoms with Crippen LogP contribution >= 0.6 is 0 Å². The van der Waals surface area contributed by atoms with Crippen molar-refractivity contribution in [3.8, 4) is 0 Å². The Hall–Kier alpha value is -2.75. The number of carbonyl (C=O) groups is 3. The fourth-order valence-electron chi connectivity index (χ4n) is 10.7. The van der Waals surface area contributed by atoms with Gasteiger partial charge in [-0.3, -0.25) is 9.59 Å². The number of quaternary nitrogens is 1. The van der Waals surface area contributed by atoms with Gasteiger partial charge in [0.25, 0.3) is 6.29 Å². The molecule has 1 N–H and O–H groups in total. The molecule has 0 aliphatic rings. The molecule has 0 aliphatic carbocycles. The molecule has 0 aliphatic heterocycles. The number of nitrogens with zero attached hydrogens (tertiary/aromatic N) is 1. The predicted molar refractivity (Wildman–Crippen MR) is 355 cm³/mol. The van der Waals surface area contributed by atoms with Crippen molar-refractivity contribution in [3.63, 3.8) is 0 Å². The predicted octanol–water partition coefficient (Wildman–Crippen LogP) is 22.1. The number of aliphatic carboxylic acids is 1. The van der Waals surface area contributed by atoms with Gasteiger partial charge in [-0.1, -0.05) is 332 Å². The van der Waals surface area contributed by atoms with Gasteiger partial charge in [-0.05, 0) is 51.4 Å². The first-order chi connectivity index (χ1) is 40.6. The van der Waals surface area contributed by atoms with E-state index < -0.39 is 18.4 Å².